The van der Waals surface area contributed by atoms with Gasteiger partial charge in [-0.3, -0.25) is 19.4 Å². The summed E-state index contributed by atoms with van der Waals surface area (Å²) in [5.41, 5.74) is 5.02. The molecule has 0 radical (unpaired) electrons. The highest BCUT2D eigenvalue weighted by atomic mass is 16.5. The van der Waals surface area contributed by atoms with E-state index in [1.807, 2.05) is 34.7 Å². The van der Waals surface area contributed by atoms with Crippen molar-refractivity contribution >= 4 is 39.4 Å². The number of hydrazine groups is 1. The Kier molecular flexibility index (Phi) is 4.41. The number of pyridine rings is 2. The number of ether oxygens (including phenoxy) is 1. The van der Waals surface area contributed by atoms with Crippen molar-refractivity contribution in [3.63, 3.8) is 0 Å². The largest absolute Gasteiger partial charge is 0.378 e. The zero-order valence-electron chi connectivity index (χ0n) is 16.8. The lowest BCUT2D eigenvalue weighted by Crippen LogP contribution is -2.39. The Bertz CT molecular complexity index is 1330. The zero-order chi connectivity index (χ0) is 20.8. The first kappa shape index (κ1) is 18.6. The van der Waals surface area contributed by atoms with E-state index in [9.17, 15) is 9.59 Å². The van der Waals surface area contributed by atoms with Crippen molar-refractivity contribution in [2.24, 2.45) is 0 Å². The van der Waals surface area contributed by atoms with Gasteiger partial charge in [0, 0.05) is 27.2 Å². The molecule has 4 heterocycles. The molecule has 1 amide bonds. The van der Waals surface area contributed by atoms with Gasteiger partial charge in [0.2, 0.25) is 5.43 Å². The minimum Gasteiger partial charge on any atom is -0.378 e. The molecule has 9 nitrogen and oxygen atoms in total. The Morgan fingerprint density at radius 1 is 1.17 bits per heavy atom. The molecule has 0 saturated carbocycles. The maximum Gasteiger partial charge on any atom is 0.273 e. The Labute approximate surface area is 171 Å². The molecule has 1 aliphatic rings. The van der Waals surface area contributed by atoms with Crippen LogP contribution >= 0.6 is 0 Å². The molecule has 5 rings (SSSR count). The number of fused-ring (bicyclic) bond motifs is 5. The second-order valence-electron chi connectivity index (χ2n) is 7.51. The third kappa shape index (κ3) is 2.90. The lowest BCUT2D eigenvalue weighted by atomic mass is 10.1. The van der Waals surface area contributed by atoms with Gasteiger partial charge in [-0.1, -0.05) is 12.1 Å². The first-order chi connectivity index (χ1) is 14.5. The van der Waals surface area contributed by atoms with E-state index in [1.54, 1.807) is 20.2 Å². The smallest absolute Gasteiger partial charge is 0.273 e. The number of aromatic nitrogens is 3. The van der Waals surface area contributed by atoms with Crippen LogP contribution in [0, 0.1) is 0 Å². The average molecular weight is 406 g/mol. The van der Waals surface area contributed by atoms with Crippen molar-refractivity contribution < 1.29 is 9.53 Å². The number of rotatable bonds is 3. The summed E-state index contributed by atoms with van der Waals surface area (Å²) in [6, 6.07) is 11.3. The number of hydrogen-bond acceptors (Lipinski definition) is 6. The SMILES string of the molecule is CN(C)NC(=O)c1c(=O)c2ccc(N3CCOCC3)nc2n2c1[nH]c1ccccc12. The van der Waals surface area contributed by atoms with E-state index in [1.165, 1.54) is 5.01 Å². The van der Waals surface area contributed by atoms with Crippen LogP contribution in [0.15, 0.2) is 41.2 Å². The lowest BCUT2D eigenvalue weighted by Gasteiger charge is -2.28. The van der Waals surface area contributed by atoms with Crippen LogP contribution in [0.5, 0.6) is 0 Å². The van der Waals surface area contributed by atoms with Gasteiger partial charge in [0.15, 0.2) is 5.65 Å². The maximum absolute atomic E-state index is 13.3. The topological polar surface area (TPSA) is 95.0 Å². The van der Waals surface area contributed by atoms with Crippen LogP contribution in [0.25, 0.3) is 27.7 Å². The van der Waals surface area contributed by atoms with Gasteiger partial charge in [-0.05, 0) is 24.3 Å². The van der Waals surface area contributed by atoms with E-state index in [0.717, 1.165) is 29.9 Å². The lowest BCUT2D eigenvalue weighted by molar-refractivity contribution is 0.0857. The molecule has 0 unspecified atom stereocenters. The molecule has 0 bridgehead atoms. The number of imidazole rings is 1. The molecular formula is C21H22N6O3. The molecule has 0 aliphatic carbocycles. The van der Waals surface area contributed by atoms with Crippen LogP contribution in [0.3, 0.4) is 0 Å². The van der Waals surface area contributed by atoms with Gasteiger partial charge in [-0.25, -0.2) is 9.99 Å². The van der Waals surface area contributed by atoms with Crippen LogP contribution in [0.2, 0.25) is 0 Å². The van der Waals surface area contributed by atoms with Gasteiger partial charge in [-0.15, -0.1) is 0 Å². The average Bonchev–Trinajstić information content (AvgIpc) is 3.13. The Morgan fingerprint density at radius 2 is 1.93 bits per heavy atom. The highest BCUT2D eigenvalue weighted by molar-refractivity contribution is 6.05. The van der Waals surface area contributed by atoms with Crippen LogP contribution in [0.4, 0.5) is 5.82 Å². The van der Waals surface area contributed by atoms with Crippen molar-refractivity contribution in [2.75, 3.05) is 45.3 Å². The number of anilines is 1. The Morgan fingerprint density at radius 3 is 2.70 bits per heavy atom. The number of nitrogens with one attached hydrogen (secondary N) is 2. The highest BCUT2D eigenvalue weighted by Crippen LogP contribution is 2.25. The fourth-order valence-electron chi connectivity index (χ4n) is 3.94. The molecule has 4 aromatic rings. The third-order valence-corrected chi connectivity index (χ3v) is 5.29. The van der Waals surface area contributed by atoms with Crippen molar-refractivity contribution in [3.8, 4) is 0 Å². The quantitative estimate of drug-likeness (QED) is 0.499. The van der Waals surface area contributed by atoms with E-state index in [4.69, 9.17) is 9.72 Å². The highest BCUT2D eigenvalue weighted by Gasteiger charge is 2.23. The van der Waals surface area contributed by atoms with Crippen molar-refractivity contribution in [1.82, 2.24) is 24.8 Å². The molecular weight excluding hydrogens is 384 g/mol. The number of aromatic amines is 1. The number of morpholine rings is 1. The summed E-state index contributed by atoms with van der Waals surface area (Å²) < 4.78 is 7.30. The number of carbonyl (C=O) groups is 1. The second kappa shape index (κ2) is 7.12. The predicted octanol–water partition coefficient (Wildman–Crippen LogP) is 1.37. The Balaban J connectivity index is 1.85. The summed E-state index contributed by atoms with van der Waals surface area (Å²) in [5.74, 6) is 0.322. The van der Waals surface area contributed by atoms with Crippen LogP contribution in [-0.2, 0) is 4.74 Å². The van der Waals surface area contributed by atoms with E-state index in [2.05, 4.69) is 15.3 Å². The summed E-state index contributed by atoms with van der Waals surface area (Å²) in [7, 11) is 3.41. The first-order valence-corrected chi connectivity index (χ1v) is 9.82. The van der Waals surface area contributed by atoms with Gasteiger partial charge in [0.1, 0.15) is 17.0 Å². The van der Waals surface area contributed by atoms with Crippen molar-refractivity contribution in [1.29, 1.82) is 0 Å². The van der Waals surface area contributed by atoms with E-state index in [-0.39, 0.29) is 11.0 Å². The summed E-state index contributed by atoms with van der Waals surface area (Å²) >= 11 is 0. The molecule has 1 aromatic carbocycles. The number of para-hydroxylation sites is 2. The molecule has 1 aliphatic heterocycles. The van der Waals surface area contributed by atoms with Gasteiger partial charge >= 0.3 is 0 Å². The zero-order valence-corrected chi connectivity index (χ0v) is 16.8. The maximum atomic E-state index is 13.3. The first-order valence-electron chi connectivity index (χ1n) is 9.82. The van der Waals surface area contributed by atoms with Gasteiger partial charge in [-0.2, -0.15) is 0 Å². The molecule has 0 spiro atoms. The monoisotopic (exact) mass is 406 g/mol. The molecule has 2 N–H and O–H groups in total. The minimum absolute atomic E-state index is 0.0633. The molecule has 0 atom stereocenters. The van der Waals surface area contributed by atoms with Gasteiger partial charge in [0.25, 0.3) is 5.91 Å². The molecule has 30 heavy (non-hydrogen) atoms. The van der Waals surface area contributed by atoms with Gasteiger partial charge in [0.05, 0.1) is 29.6 Å². The van der Waals surface area contributed by atoms with Crippen LogP contribution < -0.4 is 15.8 Å². The fourth-order valence-corrected chi connectivity index (χ4v) is 3.94. The third-order valence-electron chi connectivity index (χ3n) is 5.29. The number of amides is 1. The number of hydrogen-bond donors (Lipinski definition) is 2. The van der Waals surface area contributed by atoms with Crippen molar-refractivity contribution in [2.45, 2.75) is 0 Å². The standard InChI is InChI=1S/C21H22N6O3/c1-25(2)24-21(29)17-18(28)13-7-8-16(26-9-11-30-12-10-26)23-19(13)27-15-6-4-3-5-14(15)22-20(17)27/h3-8,22H,9-12H2,1-2H3,(H,24,29). The fraction of sp³-hybridized carbons (Fsp3) is 0.286. The summed E-state index contributed by atoms with van der Waals surface area (Å²) in [6.07, 6.45) is 0. The summed E-state index contributed by atoms with van der Waals surface area (Å²) in [6.45, 7) is 2.78. The van der Waals surface area contributed by atoms with E-state index >= 15 is 0 Å². The van der Waals surface area contributed by atoms with Crippen LogP contribution in [-0.4, -0.2) is 65.7 Å². The normalized spacial score (nSPS) is 14.8. The molecule has 1 saturated heterocycles. The minimum atomic E-state index is -0.465. The number of carbonyl (C=O) groups excluding carboxylic acids is 1. The van der Waals surface area contributed by atoms with Gasteiger partial charge < -0.3 is 14.6 Å². The van der Waals surface area contributed by atoms with E-state index in [0.29, 0.717) is 29.9 Å². The van der Waals surface area contributed by atoms with Crippen LogP contribution in [0.1, 0.15) is 10.4 Å². The number of nitrogens with zero attached hydrogens (tertiary/aromatic N) is 4. The predicted molar refractivity (Wildman–Crippen MR) is 115 cm³/mol. The van der Waals surface area contributed by atoms with Crippen molar-refractivity contribution in [3.05, 3.63) is 52.2 Å². The van der Waals surface area contributed by atoms with E-state index < -0.39 is 5.91 Å². The molecule has 1 fully saturated rings. The number of benzene rings is 1. The molecule has 3 aromatic heterocycles. The number of H-pyrrole nitrogens is 1. The molecule has 154 valence electrons. The second-order valence-corrected chi connectivity index (χ2v) is 7.51. The summed E-state index contributed by atoms with van der Waals surface area (Å²) in [4.78, 5) is 36.5. The molecule has 9 heteroatoms. The summed E-state index contributed by atoms with van der Waals surface area (Å²) in [5, 5.41) is 1.92. The Hall–Kier alpha value is -3.43.